The van der Waals surface area contributed by atoms with Crippen molar-refractivity contribution in [2.45, 2.75) is 20.4 Å². The minimum atomic E-state index is -0.321. The van der Waals surface area contributed by atoms with Gasteiger partial charge in [-0.2, -0.15) is 5.10 Å². The molecular weight excluding hydrogens is 400 g/mol. The standard InChI is InChI=1S/C23H23ClN4O2/c1-15-18(23(30)25-3)10-7-11-20(15)26-21(29)13-12-19-16(2)27-28(22(19)24)14-17-8-5-4-6-9-17/h4-13H,14H2,1-3H3,(H,25,30)(H,26,29)/b13-12+. The number of aryl methyl sites for hydroxylation is 1. The second kappa shape index (κ2) is 9.41. The van der Waals surface area contributed by atoms with Gasteiger partial charge in [-0.1, -0.05) is 48.0 Å². The van der Waals surface area contributed by atoms with Gasteiger partial charge in [0.15, 0.2) is 0 Å². The molecule has 0 aliphatic heterocycles. The summed E-state index contributed by atoms with van der Waals surface area (Å²) in [5.41, 5.74) is 4.30. The minimum absolute atomic E-state index is 0.202. The smallest absolute Gasteiger partial charge is 0.251 e. The number of rotatable bonds is 6. The molecule has 0 fully saturated rings. The van der Waals surface area contributed by atoms with E-state index in [0.717, 1.165) is 11.3 Å². The summed E-state index contributed by atoms with van der Waals surface area (Å²) in [6, 6.07) is 15.1. The van der Waals surface area contributed by atoms with Crippen molar-refractivity contribution in [3.05, 3.63) is 87.7 Å². The molecule has 0 bridgehead atoms. The number of anilines is 1. The molecule has 154 valence electrons. The van der Waals surface area contributed by atoms with Crippen molar-refractivity contribution < 1.29 is 9.59 Å². The number of aromatic nitrogens is 2. The molecule has 0 aliphatic carbocycles. The van der Waals surface area contributed by atoms with Crippen LogP contribution in [0.15, 0.2) is 54.6 Å². The van der Waals surface area contributed by atoms with Crippen LogP contribution in [0.25, 0.3) is 6.08 Å². The van der Waals surface area contributed by atoms with Crippen molar-refractivity contribution in [3.8, 4) is 0 Å². The molecule has 1 aromatic heterocycles. The van der Waals surface area contributed by atoms with Crippen LogP contribution in [0.4, 0.5) is 5.69 Å². The second-order valence-corrected chi connectivity index (χ2v) is 7.17. The van der Waals surface area contributed by atoms with Gasteiger partial charge in [-0.3, -0.25) is 9.59 Å². The molecule has 0 saturated heterocycles. The van der Waals surface area contributed by atoms with Crippen LogP contribution in [-0.4, -0.2) is 28.6 Å². The first-order valence-electron chi connectivity index (χ1n) is 9.48. The lowest BCUT2D eigenvalue weighted by atomic mass is 10.1. The SMILES string of the molecule is CNC(=O)c1cccc(NC(=O)/C=C/c2c(C)nn(Cc3ccccc3)c2Cl)c1C. The lowest BCUT2D eigenvalue weighted by molar-refractivity contribution is -0.111. The molecule has 2 N–H and O–H groups in total. The molecule has 0 radical (unpaired) electrons. The molecule has 7 heteroatoms. The van der Waals surface area contributed by atoms with Crippen LogP contribution in [0, 0.1) is 13.8 Å². The highest BCUT2D eigenvalue weighted by atomic mass is 35.5. The van der Waals surface area contributed by atoms with Gasteiger partial charge < -0.3 is 10.6 Å². The van der Waals surface area contributed by atoms with Crippen LogP contribution in [-0.2, 0) is 11.3 Å². The van der Waals surface area contributed by atoms with E-state index in [1.54, 1.807) is 42.9 Å². The number of hydrogen-bond acceptors (Lipinski definition) is 3. The average molecular weight is 423 g/mol. The first-order valence-corrected chi connectivity index (χ1v) is 9.86. The summed E-state index contributed by atoms with van der Waals surface area (Å²) < 4.78 is 1.71. The topological polar surface area (TPSA) is 76.0 Å². The predicted octanol–water partition coefficient (Wildman–Crippen LogP) is 4.21. The highest BCUT2D eigenvalue weighted by Gasteiger charge is 2.13. The Morgan fingerprint density at radius 1 is 1.10 bits per heavy atom. The monoisotopic (exact) mass is 422 g/mol. The summed E-state index contributed by atoms with van der Waals surface area (Å²) in [7, 11) is 1.57. The molecule has 2 amide bonds. The second-order valence-electron chi connectivity index (χ2n) is 6.81. The Labute approximate surface area is 180 Å². The maximum absolute atomic E-state index is 12.4. The third-order valence-electron chi connectivity index (χ3n) is 4.75. The number of benzene rings is 2. The molecule has 3 aromatic rings. The van der Waals surface area contributed by atoms with E-state index < -0.39 is 0 Å². The van der Waals surface area contributed by atoms with Gasteiger partial charge in [0.1, 0.15) is 5.15 Å². The fourth-order valence-corrected chi connectivity index (χ4v) is 3.40. The van der Waals surface area contributed by atoms with E-state index in [2.05, 4.69) is 15.7 Å². The lowest BCUT2D eigenvalue weighted by Crippen LogP contribution is -2.20. The van der Waals surface area contributed by atoms with E-state index in [9.17, 15) is 9.59 Å². The highest BCUT2D eigenvalue weighted by molar-refractivity contribution is 6.31. The van der Waals surface area contributed by atoms with Crippen molar-refractivity contribution in [1.29, 1.82) is 0 Å². The molecule has 0 atom stereocenters. The predicted molar refractivity (Wildman–Crippen MR) is 120 cm³/mol. The fraction of sp³-hybridized carbons (Fsp3) is 0.174. The third kappa shape index (κ3) is 4.78. The zero-order valence-corrected chi connectivity index (χ0v) is 17.8. The molecule has 0 aliphatic rings. The van der Waals surface area contributed by atoms with Crippen LogP contribution in [0.2, 0.25) is 5.15 Å². The van der Waals surface area contributed by atoms with Crippen molar-refractivity contribution in [1.82, 2.24) is 15.1 Å². The molecule has 2 aromatic carbocycles. The Morgan fingerprint density at radius 2 is 1.83 bits per heavy atom. The highest BCUT2D eigenvalue weighted by Crippen LogP contribution is 2.23. The van der Waals surface area contributed by atoms with E-state index in [-0.39, 0.29) is 11.8 Å². The van der Waals surface area contributed by atoms with Gasteiger partial charge in [0.25, 0.3) is 5.91 Å². The van der Waals surface area contributed by atoms with Crippen molar-refractivity contribution in [2.75, 3.05) is 12.4 Å². The Morgan fingerprint density at radius 3 is 2.53 bits per heavy atom. The summed E-state index contributed by atoms with van der Waals surface area (Å²) in [4.78, 5) is 24.4. The molecule has 6 nitrogen and oxygen atoms in total. The molecule has 30 heavy (non-hydrogen) atoms. The van der Waals surface area contributed by atoms with E-state index in [1.165, 1.54) is 6.08 Å². The van der Waals surface area contributed by atoms with Crippen molar-refractivity contribution in [3.63, 3.8) is 0 Å². The van der Waals surface area contributed by atoms with E-state index in [4.69, 9.17) is 11.6 Å². The third-order valence-corrected chi connectivity index (χ3v) is 5.15. The van der Waals surface area contributed by atoms with E-state index in [1.807, 2.05) is 37.3 Å². The van der Waals surface area contributed by atoms with Gasteiger partial charge in [-0.25, -0.2) is 4.68 Å². The summed E-state index contributed by atoms with van der Waals surface area (Å²) in [5.74, 6) is -0.522. The Bertz CT molecular complexity index is 1100. The Balaban J connectivity index is 1.75. The number of hydrogen-bond donors (Lipinski definition) is 2. The van der Waals surface area contributed by atoms with E-state index in [0.29, 0.717) is 34.1 Å². The van der Waals surface area contributed by atoms with Gasteiger partial charge in [0.05, 0.1) is 12.2 Å². The van der Waals surface area contributed by atoms with Crippen LogP contribution < -0.4 is 10.6 Å². The molecule has 0 spiro atoms. The fourth-order valence-electron chi connectivity index (χ4n) is 3.10. The normalized spacial score (nSPS) is 10.9. The quantitative estimate of drug-likeness (QED) is 0.584. The largest absolute Gasteiger partial charge is 0.355 e. The van der Waals surface area contributed by atoms with Crippen LogP contribution >= 0.6 is 11.6 Å². The van der Waals surface area contributed by atoms with Gasteiger partial charge in [0, 0.05) is 29.9 Å². The zero-order chi connectivity index (χ0) is 21.7. The van der Waals surface area contributed by atoms with Crippen LogP contribution in [0.3, 0.4) is 0 Å². The summed E-state index contributed by atoms with van der Waals surface area (Å²) in [6.07, 6.45) is 3.06. The molecule has 0 saturated carbocycles. The molecule has 0 unspecified atom stereocenters. The average Bonchev–Trinajstić information content (AvgIpc) is 3.00. The van der Waals surface area contributed by atoms with E-state index >= 15 is 0 Å². The Kier molecular flexibility index (Phi) is 6.69. The number of nitrogens with zero attached hydrogens (tertiary/aromatic N) is 2. The van der Waals surface area contributed by atoms with Crippen LogP contribution in [0.5, 0.6) is 0 Å². The van der Waals surface area contributed by atoms with Gasteiger partial charge in [-0.15, -0.1) is 0 Å². The Hall–Kier alpha value is -3.38. The van der Waals surface area contributed by atoms with Crippen molar-refractivity contribution in [2.24, 2.45) is 0 Å². The van der Waals surface area contributed by atoms with Gasteiger partial charge in [0.2, 0.25) is 5.91 Å². The summed E-state index contributed by atoms with van der Waals surface area (Å²) in [6.45, 7) is 4.19. The summed E-state index contributed by atoms with van der Waals surface area (Å²) in [5, 5.41) is 10.4. The lowest BCUT2D eigenvalue weighted by Gasteiger charge is -2.10. The molecular formula is C23H23ClN4O2. The molecule has 1 heterocycles. The van der Waals surface area contributed by atoms with Crippen LogP contribution in [0.1, 0.15) is 32.7 Å². The zero-order valence-electron chi connectivity index (χ0n) is 17.1. The van der Waals surface area contributed by atoms with Gasteiger partial charge >= 0.3 is 0 Å². The first kappa shape index (κ1) is 21.3. The summed E-state index contributed by atoms with van der Waals surface area (Å²) >= 11 is 6.49. The van der Waals surface area contributed by atoms with Gasteiger partial charge in [-0.05, 0) is 43.2 Å². The number of carbonyl (C=O) groups excluding carboxylic acids is 2. The number of halogens is 1. The number of amides is 2. The number of carbonyl (C=O) groups is 2. The first-order chi connectivity index (χ1) is 14.4. The maximum atomic E-state index is 12.4. The minimum Gasteiger partial charge on any atom is -0.355 e. The number of nitrogens with one attached hydrogen (secondary N) is 2. The maximum Gasteiger partial charge on any atom is 0.251 e. The molecule has 3 rings (SSSR count). The van der Waals surface area contributed by atoms with Crippen molar-refractivity contribution >= 4 is 35.2 Å².